The average molecular weight is 559 g/mol. The standard InChI is InChI=1S/C23H32N4O5.C2HF3O2/c1-2-3-4-5-12-26-20-15-27(16-21(26)28,14-19(20)25-32)13-17-6-8-18(9-7-17)23(31)24-11-10-22(29)30;3-2(4,5)1(6)7/h6-9,20H,2-5,10-16H2,1H3,(H2-,24,29,30,31,32);(H,6,7)/b25-19+;. The number of carboxylic acid groups (broad SMARTS) is 2. The second-order valence-corrected chi connectivity index (χ2v) is 9.64. The Balaban J connectivity index is 0.000000673. The van der Waals surface area contributed by atoms with Crippen LogP contribution in [0.4, 0.5) is 13.2 Å². The van der Waals surface area contributed by atoms with Crippen LogP contribution >= 0.6 is 0 Å². The molecule has 2 atom stereocenters. The number of rotatable bonds is 11. The monoisotopic (exact) mass is 558 g/mol. The van der Waals surface area contributed by atoms with Gasteiger partial charge < -0.3 is 34.9 Å². The van der Waals surface area contributed by atoms with Crippen LogP contribution in [0.15, 0.2) is 29.4 Å². The van der Waals surface area contributed by atoms with Gasteiger partial charge in [0.15, 0.2) is 6.54 Å². The van der Waals surface area contributed by atoms with E-state index < -0.39 is 18.1 Å². The summed E-state index contributed by atoms with van der Waals surface area (Å²) >= 11 is 0. The number of piperazine rings is 1. The molecule has 3 rings (SSSR count). The number of halogens is 3. The SMILES string of the molecule is CCCCCCN1C(=O)C[N+]2(Cc3ccc(C(=O)NCCC(=O)O)cc3)C/C(=N\O)C1C2.O=C([O-])C(F)(F)F. The zero-order valence-electron chi connectivity index (χ0n) is 21.6. The number of quaternary nitrogens is 1. The summed E-state index contributed by atoms with van der Waals surface area (Å²) in [6, 6.07) is 7.00. The highest BCUT2D eigenvalue weighted by molar-refractivity contribution is 5.97. The van der Waals surface area contributed by atoms with Crippen molar-refractivity contribution in [3.05, 3.63) is 35.4 Å². The normalized spacial score (nSPS) is 21.3. The smallest absolute Gasteiger partial charge is 0.430 e. The van der Waals surface area contributed by atoms with Gasteiger partial charge in [-0.1, -0.05) is 43.5 Å². The third-order valence-electron chi connectivity index (χ3n) is 6.58. The molecule has 2 fully saturated rings. The molecule has 0 aromatic heterocycles. The topological polar surface area (TPSA) is 159 Å². The van der Waals surface area contributed by atoms with Gasteiger partial charge in [0, 0.05) is 24.2 Å². The van der Waals surface area contributed by atoms with Crippen molar-refractivity contribution in [2.75, 3.05) is 32.7 Å². The zero-order chi connectivity index (χ0) is 29.2. The molecule has 2 bridgehead atoms. The minimum Gasteiger partial charge on any atom is -0.542 e. The number of amides is 2. The van der Waals surface area contributed by atoms with E-state index in [0.29, 0.717) is 41.9 Å². The molecule has 2 heterocycles. The molecule has 2 amide bonds. The summed E-state index contributed by atoms with van der Waals surface area (Å²) in [5.74, 6) is -4.18. The van der Waals surface area contributed by atoms with Gasteiger partial charge in [-0.05, 0) is 18.6 Å². The van der Waals surface area contributed by atoms with Gasteiger partial charge in [0.05, 0.1) is 6.42 Å². The van der Waals surface area contributed by atoms with Gasteiger partial charge in [0.1, 0.15) is 37.4 Å². The van der Waals surface area contributed by atoms with Gasteiger partial charge >= 0.3 is 12.1 Å². The Labute approximate surface area is 223 Å². The summed E-state index contributed by atoms with van der Waals surface area (Å²) in [5, 5.41) is 33.1. The zero-order valence-corrected chi connectivity index (χ0v) is 21.6. The fourth-order valence-electron chi connectivity index (χ4n) is 4.73. The van der Waals surface area contributed by atoms with Crippen LogP contribution < -0.4 is 10.4 Å². The maximum absolute atomic E-state index is 12.9. The van der Waals surface area contributed by atoms with Crippen LogP contribution in [0.2, 0.25) is 0 Å². The fourth-order valence-corrected chi connectivity index (χ4v) is 4.73. The van der Waals surface area contributed by atoms with Crippen LogP contribution in [0.25, 0.3) is 0 Å². The number of oxime groups is 1. The molecular formula is C25H33F3N4O7. The van der Waals surface area contributed by atoms with Crippen LogP contribution in [-0.4, -0.2) is 94.1 Å². The Morgan fingerprint density at radius 3 is 2.33 bits per heavy atom. The molecule has 39 heavy (non-hydrogen) atoms. The molecule has 1 aromatic rings. The number of nitrogens with zero attached hydrogens (tertiary/aromatic N) is 3. The first-order valence-electron chi connectivity index (χ1n) is 12.5. The number of alkyl halides is 3. The van der Waals surface area contributed by atoms with Gasteiger partial charge in [-0.25, -0.2) is 0 Å². The summed E-state index contributed by atoms with van der Waals surface area (Å²) in [7, 11) is 0. The number of aliphatic carboxylic acids is 2. The Morgan fingerprint density at radius 2 is 1.79 bits per heavy atom. The Morgan fingerprint density at radius 1 is 1.15 bits per heavy atom. The molecule has 1 aromatic carbocycles. The third-order valence-corrected chi connectivity index (χ3v) is 6.58. The van der Waals surface area contributed by atoms with Crippen molar-refractivity contribution in [3.8, 4) is 0 Å². The summed E-state index contributed by atoms with van der Waals surface area (Å²) in [6.07, 6.45) is -0.965. The second kappa shape index (κ2) is 13.9. The number of carbonyl (C=O) groups excluding carboxylic acids is 3. The Bertz CT molecular complexity index is 1060. The van der Waals surface area contributed by atoms with Gasteiger partial charge in [0.2, 0.25) is 0 Å². The molecule has 14 heteroatoms. The molecule has 0 saturated carbocycles. The first-order valence-corrected chi connectivity index (χ1v) is 12.5. The van der Waals surface area contributed by atoms with Crippen molar-refractivity contribution in [3.63, 3.8) is 0 Å². The number of carbonyl (C=O) groups is 4. The van der Waals surface area contributed by atoms with Crippen LogP contribution in [0.3, 0.4) is 0 Å². The maximum Gasteiger partial charge on any atom is 0.430 e. The Hall–Kier alpha value is -3.68. The lowest BCUT2D eigenvalue weighted by Crippen LogP contribution is -2.60. The van der Waals surface area contributed by atoms with Crippen molar-refractivity contribution in [2.45, 2.75) is 57.8 Å². The number of nitrogens with one attached hydrogen (secondary N) is 1. The van der Waals surface area contributed by atoms with Crippen molar-refractivity contribution in [2.24, 2.45) is 5.16 Å². The molecule has 0 spiro atoms. The lowest BCUT2D eigenvalue weighted by atomic mass is 10.1. The number of fused-ring (bicyclic) bond motifs is 2. The summed E-state index contributed by atoms with van der Waals surface area (Å²) < 4.78 is 32.1. The van der Waals surface area contributed by atoms with Crippen molar-refractivity contribution < 1.29 is 52.3 Å². The number of benzene rings is 1. The van der Waals surface area contributed by atoms with Crippen molar-refractivity contribution >= 4 is 29.5 Å². The van der Waals surface area contributed by atoms with E-state index in [4.69, 9.17) is 15.0 Å². The molecule has 2 saturated heterocycles. The van der Waals surface area contributed by atoms with E-state index in [1.807, 2.05) is 17.0 Å². The lowest BCUT2D eigenvalue weighted by Gasteiger charge is -2.40. The summed E-state index contributed by atoms with van der Waals surface area (Å²) in [6.45, 7) is 5.20. The van der Waals surface area contributed by atoms with Crippen LogP contribution in [-0.2, 0) is 20.9 Å². The van der Waals surface area contributed by atoms with Gasteiger partial charge in [-0.3, -0.25) is 14.4 Å². The van der Waals surface area contributed by atoms with Crippen molar-refractivity contribution in [1.82, 2.24) is 10.2 Å². The summed E-state index contributed by atoms with van der Waals surface area (Å²) in [4.78, 5) is 46.3. The minimum absolute atomic E-state index is 0.0810. The van der Waals surface area contributed by atoms with Crippen LogP contribution in [0, 0.1) is 0 Å². The third kappa shape index (κ3) is 9.23. The van der Waals surface area contributed by atoms with Gasteiger partial charge in [-0.15, -0.1) is 0 Å². The fraction of sp³-hybridized carbons (Fsp3) is 0.560. The lowest BCUT2D eigenvalue weighted by molar-refractivity contribution is -0.922. The molecule has 0 aliphatic carbocycles. The highest BCUT2D eigenvalue weighted by Crippen LogP contribution is 2.30. The highest BCUT2D eigenvalue weighted by atomic mass is 19.4. The number of unbranched alkanes of at least 4 members (excludes halogenated alkanes) is 3. The van der Waals surface area contributed by atoms with Crippen LogP contribution in [0.1, 0.15) is 54.9 Å². The molecule has 11 nitrogen and oxygen atoms in total. The van der Waals surface area contributed by atoms with Crippen molar-refractivity contribution in [1.29, 1.82) is 0 Å². The molecule has 2 unspecified atom stereocenters. The van der Waals surface area contributed by atoms with Crippen LogP contribution in [0.5, 0.6) is 0 Å². The highest BCUT2D eigenvalue weighted by Gasteiger charge is 2.53. The molecule has 2 aliphatic heterocycles. The van der Waals surface area contributed by atoms with Gasteiger partial charge in [0.25, 0.3) is 11.8 Å². The molecular weight excluding hydrogens is 525 g/mol. The molecule has 2 aliphatic rings. The predicted molar refractivity (Wildman–Crippen MR) is 130 cm³/mol. The van der Waals surface area contributed by atoms with E-state index in [2.05, 4.69) is 17.4 Å². The van der Waals surface area contributed by atoms with E-state index >= 15 is 0 Å². The van der Waals surface area contributed by atoms with E-state index in [1.165, 1.54) is 0 Å². The second-order valence-electron chi connectivity index (χ2n) is 9.64. The maximum atomic E-state index is 12.9. The Kier molecular flexibility index (Phi) is 11.3. The largest absolute Gasteiger partial charge is 0.542 e. The molecule has 3 N–H and O–H groups in total. The first kappa shape index (κ1) is 31.5. The quantitative estimate of drug-likeness (QED) is 0.159. The van der Waals surface area contributed by atoms with Gasteiger partial charge in [-0.2, -0.15) is 13.2 Å². The molecule has 0 radical (unpaired) electrons. The minimum atomic E-state index is -5.19. The number of carboxylic acids is 2. The first-order chi connectivity index (χ1) is 18.3. The van der Waals surface area contributed by atoms with E-state index in [0.717, 1.165) is 37.8 Å². The van der Waals surface area contributed by atoms with E-state index in [-0.39, 0.29) is 30.8 Å². The number of hydrogen-bond acceptors (Lipinski definition) is 7. The summed E-state index contributed by atoms with van der Waals surface area (Å²) in [5.41, 5.74) is 2.12. The number of hydrogen-bond donors (Lipinski definition) is 3. The van der Waals surface area contributed by atoms with E-state index in [1.54, 1.807) is 12.1 Å². The molecule has 216 valence electrons. The van der Waals surface area contributed by atoms with E-state index in [9.17, 15) is 32.8 Å². The average Bonchev–Trinajstić information content (AvgIpc) is 3.16. The predicted octanol–water partition coefficient (Wildman–Crippen LogP) is 1.14.